The molecule has 4 rings (SSSR count). The van der Waals surface area contributed by atoms with Gasteiger partial charge in [-0.3, -0.25) is 28.8 Å². The number of esters is 1. The highest BCUT2D eigenvalue weighted by Gasteiger charge is 2.43. The fourth-order valence-electron chi connectivity index (χ4n) is 6.49. The van der Waals surface area contributed by atoms with Crippen LogP contribution in [0.4, 0.5) is 13.2 Å². The number of carbonyl (C=O) groups excluding carboxylic acids is 7. The first-order chi connectivity index (χ1) is 24.5. The zero-order valence-electron chi connectivity index (χ0n) is 29.7. The molecule has 3 heterocycles. The molecule has 0 aromatic heterocycles. The molecular formula is C35H45F3N6O8. The fraction of sp³-hybridized carbons (Fsp3) is 0.571. The number of rotatable bonds is 7. The number of ether oxygens (including phenoxy) is 1. The molecule has 1 aromatic carbocycles. The van der Waals surface area contributed by atoms with Crippen molar-refractivity contribution in [2.24, 2.45) is 5.92 Å². The van der Waals surface area contributed by atoms with Crippen LogP contribution in [0.15, 0.2) is 30.1 Å². The van der Waals surface area contributed by atoms with Crippen LogP contribution in [0.5, 0.6) is 0 Å². The van der Waals surface area contributed by atoms with Crippen molar-refractivity contribution in [2.75, 3.05) is 26.7 Å². The van der Waals surface area contributed by atoms with Gasteiger partial charge in [0.05, 0.1) is 0 Å². The van der Waals surface area contributed by atoms with Crippen molar-refractivity contribution >= 4 is 41.4 Å². The van der Waals surface area contributed by atoms with E-state index in [1.807, 2.05) is 0 Å². The van der Waals surface area contributed by atoms with Crippen LogP contribution >= 0.6 is 0 Å². The summed E-state index contributed by atoms with van der Waals surface area (Å²) in [7, 11) is 1.39. The van der Waals surface area contributed by atoms with Crippen molar-refractivity contribution in [1.82, 2.24) is 30.7 Å². The standard InChI is InChI=1S/C35H45F3N6O8/c1-18(2)12-24(38)30(46)40-25(15-21-13-22(36)16-23(37)14-21)31(47)41-26-17-52-35(51)28-9-7-11-44(28)32(48)19(3)39-29(45)20(4)42(5)34(50)27-8-6-10-43(27)33(26)49/h12-14,16,18-20,25-28H,6-11,15,17H2,1-5H3,(H,39,45)(H,40,46)(H,41,47)/t19-,20-,25-,26-,27-,28-/m0/s1. The third kappa shape index (κ3) is 9.47. The van der Waals surface area contributed by atoms with Crippen LogP contribution in [0.25, 0.3) is 0 Å². The summed E-state index contributed by atoms with van der Waals surface area (Å²) in [5.74, 6) is -9.43. The van der Waals surface area contributed by atoms with E-state index >= 15 is 0 Å². The van der Waals surface area contributed by atoms with Crippen LogP contribution in [-0.2, 0) is 44.7 Å². The molecule has 3 aliphatic rings. The molecule has 0 unspecified atom stereocenters. The van der Waals surface area contributed by atoms with Gasteiger partial charge in [-0.05, 0) is 69.2 Å². The first kappa shape index (κ1) is 39.8. The van der Waals surface area contributed by atoms with E-state index in [9.17, 15) is 46.7 Å². The average Bonchev–Trinajstić information content (AvgIpc) is 3.77. The molecule has 14 nitrogen and oxygen atoms in total. The van der Waals surface area contributed by atoms with Crippen molar-refractivity contribution in [3.05, 3.63) is 47.3 Å². The predicted octanol–water partition coefficient (Wildman–Crippen LogP) is 0.877. The fourth-order valence-corrected chi connectivity index (χ4v) is 6.49. The summed E-state index contributed by atoms with van der Waals surface area (Å²) >= 11 is 0. The SMILES string of the molecule is CC(C)C=C(F)C(=O)N[C@@H](Cc1cc(F)cc(F)c1)C(=O)N[C@H]1COC(=O)[C@@H]2CCCN2C(=O)[C@H](C)NC(=O)[C@H](C)N(C)C(=O)[C@@H]2CCCN2C1=O. The normalized spacial score (nSPS) is 25.8. The maximum atomic E-state index is 14.7. The number of cyclic esters (lactones) is 1. The molecule has 3 fully saturated rings. The van der Waals surface area contributed by atoms with Gasteiger partial charge in [-0.2, -0.15) is 0 Å². The lowest BCUT2D eigenvalue weighted by Crippen LogP contribution is -2.60. The second-order valence-electron chi connectivity index (χ2n) is 13.7. The molecule has 1 aromatic rings. The van der Waals surface area contributed by atoms with E-state index in [1.54, 1.807) is 13.8 Å². The molecule has 0 saturated carbocycles. The molecule has 3 saturated heterocycles. The summed E-state index contributed by atoms with van der Waals surface area (Å²) in [5.41, 5.74) is -0.0754. The molecule has 52 heavy (non-hydrogen) atoms. The van der Waals surface area contributed by atoms with Gasteiger partial charge in [-0.25, -0.2) is 18.0 Å². The van der Waals surface area contributed by atoms with Gasteiger partial charge in [0.25, 0.3) is 5.91 Å². The number of carbonyl (C=O) groups is 7. The summed E-state index contributed by atoms with van der Waals surface area (Å²) in [6.45, 7) is 5.65. The number of fused-ring (bicyclic) bond motifs is 2. The van der Waals surface area contributed by atoms with Crippen LogP contribution in [0.3, 0.4) is 0 Å². The Kier molecular flexibility index (Phi) is 13.0. The zero-order valence-corrected chi connectivity index (χ0v) is 29.7. The molecular weight excluding hydrogens is 689 g/mol. The summed E-state index contributed by atoms with van der Waals surface area (Å²) in [5, 5.41) is 7.24. The summed E-state index contributed by atoms with van der Waals surface area (Å²) in [6.07, 6.45) is 1.73. The molecule has 6 amide bonds. The molecule has 284 valence electrons. The predicted molar refractivity (Wildman–Crippen MR) is 178 cm³/mol. The monoisotopic (exact) mass is 734 g/mol. The van der Waals surface area contributed by atoms with Crippen LogP contribution in [0.1, 0.15) is 58.9 Å². The third-order valence-electron chi connectivity index (χ3n) is 9.35. The second-order valence-corrected chi connectivity index (χ2v) is 13.7. The average molecular weight is 735 g/mol. The smallest absolute Gasteiger partial charge is 0.328 e. The zero-order chi connectivity index (χ0) is 38.4. The Morgan fingerprint density at radius 2 is 1.54 bits per heavy atom. The Hall–Kier alpha value is -4.96. The minimum Gasteiger partial charge on any atom is -0.461 e. The summed E-state index contributed by atoms with van der Waals surface area (Å²) in [6, 6.07) is -5.13. The van der Waals surface area contributed by atoms with Gasteiger partial charge < -0.3 is 35.4 Å². The molecule has 17 heteroatoms. The summed E-state index contributed by atoms with van der Waals surface area (Å²) in [4.78, 5) is 97.9. The maximum Gasteiger partial charge on any atom is 0.328 e. The number of benzene rings is 1. The van der Waals surface area contributed by atoms with E-state index in [0.29, 0.717) is 18.9 Å². The van der Waals surface area contributed by atoms with Crippen molar-refractivity contribution in [3.63, 3.8) is 0 Å². The number of allylic oxidation sites excluding steroid dienone is 1. The molecule has 3 aliphatic heterocycles. The van der Waals surface area contributed by atoms with Gasteiger partial charge in [0, 0.05) is 32.6 Å². The number of halogens is 3. The Balaban J connectivity index is 1.69. The largest absolute Gasteiger partial charge is 0.461 e. The van der Waals surface area contributed by atoms with E-state index in [4.69, 9.17) is 4.74 Å². The Labute approximate surface area is 299 Å². The van der Waals surface area contributed by atoms with Crippen LogP contribution < -0.4 is 16.0 Å². The number of nitrogens with one attached hydrogen (secondary N) is 3. The highest BCUT2D eigenvalue weighted by Crippen LogP contribution is 2.24. The van der Waals surface area contributed by atoms with E-state index in [0.717, 1.165) is 23.1 Å². The first-order valence-electron chi connectivity index (χ1n) is 17.3. The van der Waals surface area contributed by atoms with E-state index in [2.05, 4.69) is 16.0 Å². The van der Waals surface area contributed by atoms with Gasteiger partial charge in [-0.1, -0.05) is 13.8 Å². The lowest BCUT2D eigenvalue weighted by Gasteiger charge is -2.34. The van der Waals surface area contributed by atoms with Crippen molar-refractivity contribution in [2.45, 2.75) is 96.1 Å². The number of nitrogens with zero attached hydrogens (tertiary/aromatic N) is 3. The van der Waals surface area contributed by atoms with Crippen molar-refractivity contribution < 1.29 is 51.5 Å². The quantitative estimate of drug-likeness (QED) is 0.274. The van der Waals surface area contributed by atoms with Crippen LogP contribution in [0, 0.1) is 17.6 Å². The van der Waals surface area contributed by atoms with Crippen molar-refractivity contribution in [1.29, 1.82) is 0 Å². The Morgan fingerprint density at radius 3 is 2.15 bits per heavy atom. The van der Waals surface area contributed by atoms with Gasteiger partial charge in [-0.15, -0.1) is 0 Å². The molecule has 0 radical (unpaired) electrons. The minimum atomic E-state index is -1.69. The first-order valence-corrected chi connectivity index (χ1v) is 17.3. The van der Waals surface area contributed by atoms with E-state index in [1.165, 1.54) is 30.7 Å². The Bertz CT molecular complexity index is 1600. The minimum absolute atomic E-state index is 0.0693. The second kappa shape index (κ2) is 17.0. The van der Waals surface area contributed by atoms with Gasteiger partial charge in [0.2, 0.25) is 29.5 Å². The van der Waals surface area contributed by atoms with Crippen LogP contribution in [-0.4, -0.2) is 119 Å². The van der Waals surface area contributed by atoms with Gasteiger partial charge in [0.15, 0.2) is 5.83 Å². The molecule has 0 spiro atoms. The number of likely N-dealkylation sites (N-methyl/N-ethyl adjacent to an activating group) is 1. The third-order valence-corrected chi connectivity index (χ3v) is 9.35. The molecule has 3 N–H and O–H groups in total. The Morgan fingerprint density at radius 1 is 0.942 bits per heavy atom. The number of hydrogen-bond donors (Lipinski definition) is 3. The number of hydrogen-bond acceptors (Lipinski definition) is 8. The molecule has 0 bridgehead atoms. The number of amides is 6. The van der Waals surface area contributed by atoms with Crippen molar-refractivity contribution in [3.8, 4) is 0 Å². The summed E-state index contributed by atoms with van der Waals surface area (Å²) < 4.78 is 48.4. The maximum absolute atomic E-state index is 14.7. The highest BCUT2D eigenvalue weighted by atomic mass is 19.1. The van der Waals surface area contributed by atoms with Gasteiger partial charge >= 0.3 is 5.97 Å². The lowest BCUT2D eigenvalue weighted by atomic mass is 10.0. The van der Waals surface area contributed by atoms with E-state index < -0.39 is 108 Å². The van der Waals surface area contributed by atoms with E-state index in [-0.39, 0.29) is 37.4 Å². The van der Waals surface area contributed by atoms with Gasteiger partial charge in [0.1, 0.15) is 54.5 Å². The molecule has 6 atom stereocenters. The highest BCUT2D eigenvalue weighted by molar-refractivity contribution is 5.98. The topological polar surface area (TPSA) is 175 Å². The molecule has 0 aliphatic carbocycles. The lowest BCUT2D eigenvalue weighted by molar-refractivity contribution is -0.158. The van der Waals surface area contributed by atoms with Crippen LogP contribution in [0.2, 0.25) is 0 Å².